The molecule has 0 amide bonds. The molecule has 0 unspecified atom stereocenters. The van der Waals surface area contributed by atoms with Crippen molar-refractivity contribution in [3.05, 3.63) is 52.5 Å². The van der Waals surface area contributed by atoms with Gasteiger partial charge in [-0.25, -0.2) is 0 Å². The molecule has 1 N–H and O–H groups in total. The van der Waals surface area contributed by atoms with Crippen LogP contribution in [0.25, 0.3) is 21.7 Å². The van der Waals surface area contributed by atoms with E-state index in [0.29, 0.717) is 13.0 Å². The number of aromatic amines is 1. The molecule has 0 atom stereocenters. The summed E-state index contributed by atoms with van der Waals surface area (Å²) in [6, 6.07) is 11.9. The molecular weight excluding hydrogens is 202 g/mol. The van der Waals surface area contributed by atoms with Crippen LogP contribution in [0.2, 0.25) is 0 Å². The molecule has 80 valence electrons. The number of aromatic nitrogens is 2. The van der Waals surface area contributed by atoms with Gasteiger partial charge in [0.1, 0.15) is 0 Å². The molecule has 2 rings (SSSR count). The van der Waals surface area contributed by atoms with Crippen LogP contribution in [0.3, 0.4) is 0 Å². The minimum Gasteiger partial charge on any atom is -0.282 e. The Labute approximate surface area is 92.7 Å². The van der Waals surface area contributed by atoms with Gasteiger partial charge in [-0.05, 0) is 18.0 Å². The van der Waals surface area contributed by atoms with Gasteiger partial charge in [0, 0.05) is 22.7 Å². The van der Waals surface area contributed by atoms with E-state index in [-0.39, 0.29) is 0 Å². The van der Waals surface area contributed by atoms with E-state index in [2.05, 4.69) is 20.2 Å². The van der Waals surface area contributed by atoms with Crippen molar-refractivity contribution in [2.75, 3.05) is 6.54 Å². The van der Waals surface area contributed by atoms with Gasteiger partial charge < -0.3 is 0 Å². The number of nitrogens with one attached hydrogen (secondary N) is 1. The molecule has 1 aromatic heterocycles. The Morgan fingerprint density at radius 2 is 2.12 bits per heavy atom. The molecule has 0 aliphatic rings. The third kappa shape index (κ3) is 2.40. The van der Waals surface area contributed by atoms with E-state index in [0.717, 1.165) is 17.0 Å². The lowest BCUT2D eigenvalue weighted by atomic mass is 10.1. The normalized spacial score (nSPS) is 9.75. The standard InChI is InChI=1S/C11H11N5/c12-16-13-7-6-10-8-11(15-14-10)9-4-2-1-3-5-9/h1-5,8H,6-7H2,(H,14,15). The average Bonchev–Trinajstić information content (AvgIpc) is 2.79. The molecule has 0 bridgehead atoms. The summed E-state index contributed by atoms with van der Waals surface area (Å²) in [7, 11) is 0. The van der Waals surface area contributed by atoms with Gasteiger partial charge in [0.15, 0.2) is 0 Å². The Balaban J connectivity index is 2.11. The fourth-order valence-electron chi connectivity index (χ4n) is 1.46. The summed E-state index contributed by atoms with van der Waals surface area (Å²) in [5.74, 6) is 0. The minimum atomic E-state index is 0.451. The van der Waals surface area contributed by atoms with Gasteiger partial charge in [0.2, 0.25) is 0 Å². The molecule has 2 aromatic rings. The van der Waals surface area contributed by atoms with Crippen molar-refractivity contribution >= 4 is 0 Å². The first-order valence-electron chi connectivity index (χ1n) is 5.01. The number of hydrogen-bond acceptors (Lipinski definition) is 2. The van der Waals surface area contributed by atoms with Crippen LogP contribution in [0.15, 0.2) is 41.5 Å². The first kappa shape index (κ1) is 10.3. The quantitative estimate of drug-likeness (QED) is 0.473. The van der Waals surface area contributed by atoms with Crippen molar-refractivity contribution in [1.29, 1.82) is 0 Å². The molecule has 0 fully saturated rings. The topological polar surface area (TPSA) is 77.4 Å². The number of azide groups is 1. The molecule has 0 saturated heterocycles. The Kier molecular flexibility index (Phi) is 3.21. The van der Waals surface area contributed by atoms with Crippen molar-refractivity contribution in [3.8, 4) is 11.3 Å². The second-order valence-corrected chi connectivity index (χ2v) is 3.35. The van der Waals surface area contributed by atoms with Gasteiger partial charge in [-0.1, -0.05) is 35.4 Å². The van der Waals surface area contributed by atoms with Gasteiger partial charge in [0.05, 0.1) is 5.69 Å². The van der Waals surface area contributed by atoms with Crippen LogP contribution >= 0.6 is 0 Å². The van der Waals surface area contributed by atoms with Gasteiger partial charge in [0.25, 0.3) is 0 Å². The fraction of sp³-hybridized carbons (Fsp3) is 0.182. The highest BCUT2D eigenvalue weighted by atomic mass is 15.1. The molecule has 0 aliphatic heterocycles. The number of nitrogens with zero attached hydrogens (tertiary/aromatic N) is 4. The molecule has 1 heterocycles. The molecule has 0 saturated carbocycles. The van der Waals surface area contributed by atoms with E-state index < -0.39 is 0 Å². The van der Waals surface area contributed by atoms with E-state index >= 15 is 0 Å². The smallest absolute Gasteiger partial charge is 0.0923 e. The van der Waals surface area contributed by atoms with Crippen molar-refractivity contribution in [1.82, 2.24) is 10.2 Å². The van der Waals surface area contributed by atoms with Crippen molar-refractivity contribution in [2.24, 2.45) is 5.11 Å². The second-order valence-electron chi connectivity index (χ2n) is 3.35. The number of benzene rings is 1. The zero-order valence-corrected chi connectivity index (χ0v) is 8.67. The fourth-order valence-corrected chi connectivity index (χ4v) is 1.46. The first-order valence-corrected chi connectivity index (χ1v) is 5.01. The molecule has 5 nitrogen and oxygen atoms in total. The van der Waals surface area contributed by atoms with Crippen LogP contribution in [0.5, 0.6) is 0 Å². The Hall–Kier alpha value is -2.26. The Morgan fingerprint density at radius 1 is 1.31 bits per heavy atom. The number of H-pyrrole nitrogens is 1. The highest BCUT2D eigenvalue weighted by molar-refractivity contribution is 5.58. The van der Waals surface area contributed by atoms with Crippen LogP contribution < -0.4 is 0 Å². The SMILES string of the molecule is [N-]=[N+]=NCCc1cc(-c2ccccc2)n[nH]1. The lowest BCUT2D eigenvalue weighted by Gasteiger charge is -1.92. The molecule has 0 aliphatic carbocycles. The highest BCUT2D eigenvalue weighted by Crippen LogP contribution is 2.16. The summed E-state index contributed by atoms with van der Waals surface area (Å²) in [4.78, 5) is 2.71. The van der Waals surface area contributed by atoms with Crippen LogP contribution in [0.4, 0.5) is 0 Å². The largest absolute Gasteiger partial charge is 0.282 e. The molecule has 16 heavy (non-hydrogen) atoms. The maximum Gasteiger partial charge on any atom is 0.0923 e. The van der Waals surface area contributed by atoms with Gasteiger partial charge in [-0.15, -0.1) is 0 Å². The van der Waals surface area contributed by atoms with Gasteiger partial charge >= 0.3 is 0 Å². The summed E-state index contributed by atoms with van der Waals surface area (Å²) in [5, 5.41) is 10.6. The zero-order valence-electron chi connectivity index (χ0n) is 8.67. The third-order valence-corrected chi connectivity index (χ3v) is 2.24. The lowest BCUT2D eigenvalue weighted by molar-refractivity contribution is 0.895. The van der Waals surface area contributed by atoms with Crippen molar-refractivity contribution in [2.45, 2.75) is 6.42 Å². The number of hydrogen-bond donors (Lipinski definition) is 1. The van der Waals surface area contributed by atoms with E-state index in [4.69, 9.17) is 5.53 Å². The van der Waals surface area contributed by atoms with Crippen molar-refractivity contribution < 1.29 is 0 Å². The molecule has 1 aromatic carbocycles. The van der Waals surface area contributed by atoms with E-state index in [9.17, 15) is 0 Å². The van der Waals surface area contributed by atoms with E-state index in [1.54, 1.807) is 0 Å². The summed E-state index contributed by atoms with van der Waals surface area (Å²) in [6.45, 7) is 0.451. The molecule has 5 heteroatoms. The summed E-state index contributed by atoms with van der Waals surface area (Å²) >= 11 is 0. The van der Waals surface area contributed by atoms with Crippen molar-refractivity contribution in [3.63, 3.8) is 0 Å². The predicted molar refractivity (Wildman–Crippen MR) is 61.7 cm³/mol. The maximum absolute atomic E-state index is 8.16. The second kappa shape index (κ2) is 5.00. The molecule has 0 radical (unpaired) electrons. The molecular formula is C11H11N5. The van der Waals surface area contributed by atoms with Gasteiger partial charge in [-0.2, -0.15) is 5.10 Å². The highest BCUT2D eigenvalue weighted by Gasteiger charge is 2.02. The summed E-state index contributed by atoms with van der Waals surface area (Å²) in [6.07, 6.45) is 0.684. The van der Waals surface area contributed by atoms with Crippen LogP contribution in [-0.2, 0) is 6.42 Å². The minimum absolute atomic E-state index is 0.451. The first-order chi connectivity index (χ1) is 7.90. The van der Waals surface area contributed by atoms with Crippen LogP contribution in [0, 0.1) is 0 Å². The lowest BCUT2D eigenvalue weighted by Crippen LogP contribution is -1.87. The summed E-state index contributed by atoms with van der Waals surface area (Å²) in [5.41, 5.74) is 11.1. The Morgan fingerprint density at radius 3 is 2.88 bits per heavy atom. The summed E-state index contributed by atoms with van der Waals surface area (Å²) < 4.78 is 0. The third-order valence-electron chi connectivity index (χ3n) is 2.24. The Bertz CT molecular complexity index is 496. The monoisotopic (exact) mass is 213 g/mol. The zero-order chi connectivity index (χ0) is 11.2. The van der Waals surface area contributed by atoms with E-state index in [1.165, 1.54) is 0 Å². The molecule has 0 spiro atoms. The van der Waals surface area contributed by atoms with E-state index in [1.807, 2.05) is 36.4 Å². The van der Waals surface area contributed by atoms with Crippen LogP contribution in [0.1, 0.15) is 5.69 Å². The van der Waals surface area contributed by atoms with Gasteiger partial charge in [-0.3, -0.25) is 5.10 Å². The number of rotatable bonds is 4. The average molecular weight is 213 g/mol. The maximum atomic E-state index is 8.16. The predicted octanol–water partition coefficient (Wildman–Crippen LogP) is 2.93. The van der Waals surface area contributed by atoms with Crippen LogP contribution in [-0.4, -0.2) is 16.7 Å².